The normalized spacial score (nSPS) is 13.6. The summed E-state index contributed by atoms with van der Waals surface area (Å²) in [7, 11) is 4.27. The van der Waals surface area contributed by atoms with Crippen LogP contribution in [0, 0.1) is 6.92 Å². The predicted molar refractivity (Wildman–Crippen MR) is 69.9 cm³/mol. The molecule has 1 heterocycles. The minimum absolute atomic E-state index is 0.568. The summed E-state index contributed by atoms with van der Waals surface area (Å²) in [5, 5.41) is 1.37. The first-order chi connectivity index (χ1) is 7.59. The largest absolute Gasteiger partial charge is 0.358 e. The molecular weight excluding hydrogens is 196 g/mol. The molecular formula is C14H20N2. The minimum Gasteiger partial charge on any atom is -0.358 e. The van der Waals surface area contributed by atoms with Gasteiger partial charge in [0, 0.05) is 22.6 Å². The number of para-hydroxylation sites is 1. The van der Waals surface area contributed by atoms with Crippen molar-refractivity contribution in [3.63, 3.8) is 0 Å². The van der Waals surface area contributed by atoms with Gasteiger partial charge in [0.2, 0.25) is 0 Å². The maximum Gasteiger partial charge on any atom is 0.0458 e. The molecule has 0 fully saturated rings. The molecule has 1 aromatic heterocycles. The summed E-state index contributed by atoms with van der Waals surface area (Å²) in [6, 6.07) is 9.11. The van der Waals surface area contributed by atoms with E-state index in [2.05, 4.69) is 62.1 Å². The molecule has 2 nitrogen and oxygen atoms in total. The molecule has 0 aliphatic carbocycles. The molecule has 2 rings (SSSR count). The molecule has 0 saturated carbocycles. The summed E-state index contributed by atoms with van der Waals surface area (Å²) in [4.78, 5) is 5.72. The van der Waals surface area contributed by atoms with E-state index in [1.54, 1.807) is 0 Å². The molecule has 0 amide bonds. The summed E-state index contributed by atoms with van der Waals surface area (Å²) in [6.45, 7) is 4.43. The minimum atomic E-state index is 0.568. The molecule has 0 bridgehead atoms. The molecule has 86 valence electrons. The van der Waals surface area contributed by atoms with E-state index >= 15 is 0 Å². The summed E-state index contributed by atoms with van der Waals surface area (Å²) in [5.41, 5.74) is 4.01. The average molecular weight is 216 g/mol. The first kappa shape index (κ1) is 11.2. The molecule has 0 aliphatic heterocycles. The van der Waals surface area contributed by atoms with Crippen molar-refractivity contribution in [3.8, 4) is 0 Å². The van der Waals surface area contributed by atoms with Crippen molar-refractivity contribution in [1.29, 1.82) is 0 Å². The number of hydrogen-bond donors (Lipinski definition) is 1. The Bertz CT molecular complexity index is 482. The predicted octanol–water partition coefficient (Wildman–Crippen LogP) is 2.97. The molecule has 2 aromatic rings. The second kappa shape index (κ2) is 4.30. The fraction of sp³-hybridized carbons (Fsp3) is 0.429. The summed E-state index contributed by atoms with van der Waals surface area (Å²) in [5.74, 6) is 0. The van der Waals surface area contributed by atoms with Crippen LogP contribution < -0.4 is 0 Å². The maximum atomic E-state index is 3.45. The van der Waals surface area contributed by atoms with Crippen molar-refractivity contribution < 1.29 is 0 Å². The number of rotatable bonds is 3. The van der Waals surface area contributed by atoms with Gasteiger partial charge in [-0.2, -0.15) is 0 Å². The number of H-pyrrole nitrogens is 1. The van der Waals surface area contributed by atoms with Gasteiger partial charge in [-0.05, 0) is 46.0 Å². The standard InChI is InChI=1S/C14H20N2/c1-10(16(3)4)9-13-11(2)15-14-8-6-5-7-12(13)14/h5-8,10,15H,9H2,1-4H3. The van der Waals surface area contributed by atoms with E-state index in [1.807, 2.05) is 0 Å². The molecule has 1 N–H and O–H groups in total. The van der Waals surface area contributed by atoms with Gasteiger partial charge in [-0.25, -0.2) is 0 Å². The van der Waals surface area contributed by atoms with Crippen LogP contribution in [-0.4, -0.2) is 30.0 Å². The van der Waals surface area contributed by atoms with Gasteiger partial charge in [-0.3, -0.25) is 0 Å². The van der Waals surface area contributed by atoms with Gasteiger partial charge in [0.05, 0.1) is 0 Å². The maximum absolute atomic E-state index is 3.45. The van der Waals surface area contributed by atoms with Gasteiger partial charge >= 0.3 is 0 Å². The van der Waals surface area contributed by atoms with Gasteiger partial charge in [-0.1, -0.05) is 18.2 Å². The number of benzene rings is 1. The van der Waals surface area contributed by atoms with Gasteiger partial charge in [-0.15, -0.1) is 0 Å². The second-order valence-electron chi connectivity index (χ2n) is 4.79. The number of fused-ring (bicyclic) bond motifs is 1. The number of likely N-dealkylation sites (N-methyl/N-ethyl adjacent to an activating group) is 1. The highest BCUT2D eigenvalue weighted by molar-refractivity contribution is 5.84. The van der Waals surface area contributed by atoms with Crippen LogP contribution in [0.5, 0.6) is 0 Å². The van der Waals surface area contributed by atoms with Crippen LogP contribution in [0.2, 0.25) is 0 Å². The van der Waals surface area contributed by atoms with Crippen molar-refractivity contribution in [3.05, 3.63) is 35.5 Å². The molecule has 1 aromatic carbocycles. The monoisotopic (exact) mass is 216 g/mol. The van der Waals surface area contributed by atoms with Crippen molar-refractivity contribution in [2.45, 2.75) is 26.3 Å². The molecule has 0 radical (unpaired) electrons. The molecule has 1 atom stereocenters. The lowest BCUT2D eigenvalue weighted by atomic mass is 10.0. The summed E-state index contributed by atoms with van der Waals surface area (Å²) >= 11 is 0. The van der Waals surface area contributed by atoms with Gasteiger partial charge < -0.3 is 9.88 Å². The first-order valence-corrected chi connectivity index (χ1v) is 5.82. The van der Waals surface area contributed by atoms with E-state index in [9.17, 15) is 0 Å². The third kappa shape index (κ3) is 1.98. The summed E-state index contributed by atoms with van der Waals surface area (Å²) < 4.78 is 0. The molecule has 0 saturated heterocycles. The lowest BCUT2D eigenvalue weighted by molar-refractivity contribution is 0.312. The fourth-order valence-electron chi connectivity index (χ4n) is 2.08. The Morgan fingerprint density at radius 1 is 1.25 bits per heavy atom. The van der Waals surface area contributed by atoms with Crippen LogP contribution in [0.4, 0.5) is 0 Å². The Morgan fingerprint density at radius 2 is 1.94 bits per heavy atom. The summed E-state index contributed by atoms with van der Waals surface area (Å²) in [6.07, 6.45) is 1.10. The fourth-order valence-corrected chi connectivity index (χ4v) is 2.08. The number of nitrogens with one attached hydrogen (secondary N) is 1. The van der Waals surface area contributed by atoms with E-state index in [1.165, 1.54) is 22.2 Å². The zero-order valence-electron chi connectivity index (χ0n) is 10.5. The Hall–Kier alpha value is -1.28. The quantitative estimate of drug-likeness (QED) is 0.835. The van der Waals surface area contributed by atoms with E-state index in [4.69, 9.17) is 0 Å². The van der Waals surface area contributed by atoms with Crippen molar-refractivity contribution in [2.75, 3.05) is 14.1 Å². The Kier molecular flexibility index (Phi) is 3.01. The zero-order valence-corrected chi connectivity index (χ0v) is 10.5. The van der Waals surface area contributed by atoms with Crippen LogP contribution in [0.3, 0.4) is 0 Å². The third-order valence-corrected chi connectivity index (χ3v) is 3.41. The molecule has 2 heteroatoms. The zero-order chi connectivity index (χ0) is 11.7. The Labute approximate surface area is 97.3 Å². The smallest absolute Gasteiger partial charge is 0.0458 e. The Morgan fingerprint density at radius 3 is 2.62 bits per heavy atom. The molecule has 1 unspecified atom stereocenters. The topological polar surface area (TPSA) is 19.0 Å². The molecule has 16 heavy (non-hydrogen) atoms. The van der Waals surface area contributed by atoms with Gasteiger partial charge in [0.15, 0.2) is 0 Å². The van der Waals surface area contributed by atoms with E-state index in [-0.39, 0.29) is 0 Å². The van der Waals surface area contributed by atoms with Crippen LogP contribution >= 0.6 is 0 Å². The highest BCUT2D eigenvalue weighted by atomic mass is 15.1. The number of aryl methyl sites for hydroxylation is 1. The van der Waals surface area contributed by atoms with Crippen LogP contribution in [0.25, 0.3) is 10.9 Å². The van der Waals surface area contributed by atoms with E-state index < -0.39 is 0 Å². The SMILES string of the molecule is Cc1[nH]c2ccccc2c1CC(C)N(C)C. The number of aromatic amines is 1. The van der Waals surface area contributed by atoms with Crippen LogP contribution in [0.1, 0.15) is 18.2 Å². The van der Waals surface area contributed by atoms with Crippen LogP contribution in [-0.2, 0) is 6.42 Å². The van der Waals surface area contributed by atoms with E-state index in [0.717, 1.165) is 6.42 Å². The average Bonchev–Trinajstić information content (AvgIpc) is 2.55. The van der Waals surface area contributed by atoms with Crippen molar-refractivity contribution in [1.82, 2.24) is 9.88 Å². The van der Waals surface area contributed by atoms with Gasteiger partial charge in [0.1, 0.15) is 0 Å². The van der Waals surface area contributed by atoms with Crippen molar-refractivity contribution in [2.24, 2.45) is 0 Å². The molecule has 0 spiro atoms. The van der Waals surface area contributed by atoms with Crippen LogP contribution in [0.15, 0.2) is 24.3 Å². The van der Waals surface area contributed by atoms with E-state index in [0.29, 0.717) is 6.04 Å². The van der Waals surface area contributed by atoms with Crippen molar-refractivity contribution >= 4 is 10.9 Å². The highest BCUT2D eigenvalue weighted by Crippen LogP contribution is 2.23. The number of hydrogen-bond acceptors (Lipinski definition) is 1. The number of nitrogens with zero attached hydrogens (tertiary/aromatic N) is 1. The Balaban J connectivity index is 2.40. The lowest BCUT2D eigenvalue weighted by Crippen LogP contribution is -2.26. The third-order valence-electron chi connectivity index (χ3n) is 3.41. The number of aromatic nitrogens is 1. The molecule has 0 aliphatic rings. The lowest BCUT2D eigenvalue weighted by Gasteiger charge is -2.19. The first-order valence-electron chi connectivity index (χ1n) is 5.82. The second-order valence-corrected chi connectivity index (χ2v) is 4.79. The highest BCUT2D eigenvalue weighted by Gasteiger charge is 2.12. The van der Waals surface area contributed by atoms with Gasteiger partial charge in [0.25, 0.3) is 0 Å².